The number of aliphatic imine (C=N–C) groups is 1. The first-order chi connectivity index (χ1) is 11.2. The van der Waals surface area contributed by atoms with E-state index < -0.39 is 17.9 Å². The minimum Gasteiger partial charge on any atom is -0.465 e. The van der Waals surface area contributed by atoms with E-state index >= 15 is 0 Å². The van der Waals surface area contributed by atoms with Gasteiger partial charge >= 0.3 is 11.9 Å². The molecule has 0 aliphatic heterocycles. The number of fused-ring (bicyclic) bond motifs is 1. The van der Waals surface area contributed by atoms with E-state index in [1.165, 1.54) is 6.21 Å². The van der Waals surface area contributed by atoms with E-state index in [-0.39, 0.29) is 13.2 Å². The summed E-state index contributed by atoms with van der Waals surface area (Å²) in [5, 5.41) is 1.80. The van der Waals surface area contributed by atoms with Crippen LogP contribution >= 0.6 is 0 Å². The Bertz CT molecular complexity index is 704. The number of rotatable bonds is 6. The molecule has 0 bridgehead atoms. The van der Waals surface area contributed by atoms with Gasteiger partial charge in [0.25, 0.3) is 0 Å². The van der Waals surface area contributed by atoms with E-state index in [9.17, 15) is 9.59 Å². The monoisotopic (exact) mass is 314 g/mol. The van der Waals surface area contributed by atoms with Gasteiger partial charge in [-0.15, -0.1) is 0 Å². The molecule has 0 spiro atoms. The molecule has 120 valence electrons. The number of carbonyl (C=O) groups excluding carboxylic acids is 2. The molecule has 6 heteroatoms. The normalized spacial score (nSPS) is 11.1. The van der Waals surface area contributed by atoms with Crippen molar-refractivity contribution in [2.24, 2.45) is 10.9 Å². The zero-order valence-electron chi connectivity index (χ0n) is 13.1. The molecule has 1 aromatic heterocycles. The number of nitrogens with zero attached hydrogens (tertiary/aromatic N) is 2. The van der Waals surface area contributed by atoms with Gasteiger partial charge in [-0.2, -0.15) is 0 Å². The first kappa shape index (κ1) is 16.6. The Hall–Kier alpha value is -2.76. The number of pyridine rings is 1. The second-order valence-electron chi connectivity index (χ2n) is 4.62. The molecule has 6 nitrogen and oxygen atoms in total. The molecule has 0 atom stereocenters. The minimum atomic E-state index is -1.20. The predicted molar refractivity (Wildman–Crippen MR) is 86.7 cm³/mol. The van der Waals surface area contributed by atoms with Crippen molar-refractivity contribution in [3.63, 3.8) is 0 Å². The number of aromatic nitrogens is 1. The molecule has 0 aliphatic rings. The summed E-state index contributed by atoms with van der Waals surface area (Å²) in [5.74, 6) is -2.14. The highest BCUT2D eigenvalue weighted by Gasteiger charge is 2.27. The van der Waals surface area contributed by atoms with E-state index in [2.05, 4.69) is 9.98 Å². The molecule has 0 radical (unpaired) electrons. The zero-order valence-corrected chi connectivity index (χ0v) is 13.1. The average Bonchev–Trinajstić information content (AvgIpc) is 2.55. The van der Waals surface area contributed by atoms with Gasteiger partial charge in [-0.3, -0.25) is 9.59 Å². The summed E-state index contributed by atoms with van der Waals surface area (Å²) < 4.78 is 9.79. The van der Waals surface area contributed by atoms with Crippen molar-refractivity contribution in [1.29, 1.82) is 0 Å². The van der Waals surface area contributed by atoms with Gasteiger partial charge in [0.05, 0.1) is 13.2 Å². The van der Waals surface area contributed by atoms with E-state index in [1.807, 2.05) is 30.3 Å². The Morgan fingerprint density at radius 2 is 1.78 bits per heavy atom. The summed E-state index contributed by atoms with van der Waals surface area (Å²) >= 11 is 0. The molecule has 1 heterocycles. The SMILES string of the molecule is CCOC(=O)C(C=Nc1nccc2ccccc12)C(=O)OCC. The van der Waals surface area contributed by atoms with Crippen LogP contribution in [0.1, 0.15) is 13.8 Å². The van der Waals surface area contributed by atoms with Crippen LogP contribution in [0.25, 0.3) is 10.8 Å². The van der Waals surface area contributed by atoms with Gasteiger partial charge in [0.2, 0.25) is 0 Å². The summed E-state index contributed by atoms with van der Waals surface area (Å²) in [6.45, 7) is 3.69. The number of carbonyl (C=O) groups is 2. The molecule has 0 amide bonds. The van der Waals surface area contributed by atoms with Gasteiger partial charge in [-0.25, -0.2) is 9.98 Å². The van der Waals surface area contributed by atoms with Crippen LogP contribution in [0.15, 0.2) is 41.5 Å². The first-order valence-electron chi connectivity index (χ1n) is 7.38. The number of ether oxygens (including phenoxy) is 2. The van der Waals surface area contributed by atoms with Crippen LogP contribution in [0.4, 0.5) is 5.82 Å². The van der Waals surface area contributed by atoms with Gasteiger partial charge in [-0.05, 0) is 25.3 Å². The van der Waals surface area contributed by atoms with Crippen molar-refractivity contribution in [3.8, 4) is 0 Å². The molecule has 1 aromatic carbocycles. The summed E-state index contributed by atoms with van der Waals surface area (Å²) in [4.78, 5) is 32.2. The quantitative estimate of drug-likeness (QED) is 0.465. The van der Waals surface area contributed by atoms with Gasteiger partial charge in [-0.1, -0.05) is 24.3 Å². The maximum absolute atomic E-state index is 11.9. The maximum atomic E-state index is 11.9. The number of esters is 2. The van der Waals surface area contributed by atoms with Crippen LogP contribution in [0.3, 0.4) is 0 Å². The Balaban J connectivity index is 2.31. The largest absolute Gasteiger partial charge is 0.465 e. The molecule has 0 saturated heterocycles. The molecule has 0 unspecified atom stereocenters. The molecular weight excluding hydrogens is 296 g/mol. The van der Waals surface area contributed by atoms with Crippen LogP contribution < -0.4 is 0 Å². The van der Waals surface area contributed by atoms with Crippen LogP contribution in [0.5, 0.6) is 0 Å². The summed E-state index contributed by atoms with van der Waals surface area (Å²) in [5.41, 5.74) is 0. The molecule has 2 aromatic rings. The topological polar surface area (TPSA) is 77.9 Å². The van der Waals surface area contributed by atoms with E-state index in [0.29, 0.717) is 5.82 Å². The fourth-order valence-corrected chi connectivity index (χ4v) is 2.03. The fraction of sp³-hybridized carbons (Fsp3) is 0.294. The molecule has 0 saturated carbocycles. The number of hydrogen-bond acceptors (Lipinski definition) is 6. The second kappa shape index (κ2) is 8.03. The average molecular weight is 314 g/mol. The van der Waals surface area contributed by atoms with Crippen LogP contribution in [0.2, 0.25) is 0 Å². The third-order valence-corrected chi connectivity index (χ3v) is 3.08. The lowest BCUT2D eigenvalue weighted by Crippen LogP contribution is -2.29. The molecule has 2 rings (SSSR count). The lowest BCUT2D eigenvalue weighted by Gasteiger charge is -2.10. The lowest BCUT2D eigenvalue weighted by atomic mass is 10.1. The fourth-order valence-electron chi connectivity index (χ4n) is 2.03. The second-order valence-corrected chi connectivity index (χ2v) is 4.62. The summed E-state index contributed by atoms with van der Waals surface area (Å²) in [6, 6.07) is 9.46. The van der Waals surface area contributed by atoms with Crippen molar-refractivity contribution >= 4 is 34.7 Å². The van der Waals surface area contributed by atoms with Crippen molar-refractivity contribution < 1.29 is 19.1 Å². The molecule has 23 heavy (non-hydrogen) atoms. The van der Waals surface area contributed by atoms with E-state index in [4.69, 9.17) is 9.47 Å². The predicted octanol–water partition coefficient (Wildman–Crippen LogP) is 2.68. The van der Waals surface area contributed by atoms with E-state index in [1.54, 1.807) is 20.0 Å². The third-order valence-electron chi connectivity index (χ3n) is 3.08. The number of benzene rings is 1. The van der Waals surface area contributed by atoms with Crippen molar-refractivity contribution in [2.75, 3.05) is 13.2 Å². The third kappa shape index (κ3) is 4.12. The maximum Gasteiger partial charge on any atom is 0.325 e. The summed E-state index contributed by atoms with van der Waals surface area (Å²) in [7, 11) is 0. The van der Waals surface area contributed by atoms with Crippen LogP contribution in [-0.2, 0) is 19.1 Å². The van der Waals surface area contributed by atoms with Crippen LogP contribution in [-0.4, -0.2) is 36.4 Å². The Morgan fingerprint density at radius 3 is 2.43 bits per heavy atom. The Morgan fingerprint density at radius 1 is 1.13 bits per heavy atom. The molecular formula is C17H18N2O4. The number of hydrogen-bond donors (Lipinski definition) is 0. The van der Waals surface area contributed by atoms with Gasteiger partial charge < -0.3 is 9.47 Å². The van der Waals surface area contributed by atoms with Gasteiger partial charge in [0.1, 0.15) is 0 Å². The zero-order chi connectivity index (χ0) is 16.7. The molecule has 0 fully saturated rings. The summed E-state index contributed by atoms with van der Waals surface area (Å²) in [6.07, 6.45) is 2.85. The highest BCUT2D eigenvalue weighted by molar-refractivity contribution is 6.09. The van der Waals surface area contributed by atoms with Crippen LogP contribution in [0, 0.1) is 5.92 Å². The smallest absolute Gasteiger partial charge is 0.325 e. The van der Waals surface area contributed by atoms with Gasteiger partial charge in [0.15, 0.2) is 11.7 Å². The Labute approximate surface area is 134 Å². The van der Waals surface area contributed by atoms with E-state index in [0.717, 1.165) is 10.8 Å². The highest BCUT2D eigenvalue weighted by atomic mass is 16.6. The lowest BCUT2D eigenvalue weighted by molar-refractivity contribution is -0.157. The van der Waals surface area contributed by atoms with Gasteiger partial charge in [0, 0.05) is 17.8 Å². The molecule has 0 aliphatic carbocycles. The highest BCUT2D eigenvalue weighted by Crippen LogP contribution is 2.22. The van der Waals surface area contributed by atoms with Crippen molar-refractivity contribution in [3.05, 3.63) is 36.5 Å². The minimum absolute atomic E-state index is 0.176. The molecule has 0 N–H and O–H groups in total. The first-order valence-corrected chi connectivity index (χ1v) is 7.38. The van der Waals surface area contributed by atoms with Crippen molar-refractivity contribution in [1.82, 2.24) is 4.98 Å². The standard InChI is InChI=1S/C17H18N2O4/c1-3-22-16(20)14(17(21)23-4-2)11-19-15-13-8-6-5-7-12(13)9-10-18-15/h5-11,14H,3-4H2,1-2H3. The van der Waals surface area contributed by atoms with Crippen molar-refractivity contribution in [2.45, 2.75) is 13.8 Å². The Kier molecular flexibility index (Phi) is 5.80.